The average molecular weight is 283 g/mol. The van der Waals surface area contributed by atoms with Crippen LogP contribution in [0.25, 0.3) is 0 Å². The molecule has 0 aromatic heterocycles. The Hall–Kier alpha value is -1.34. The van der Waals surface area contributed by atoms with Crippen molar-refractivity contribution in [3.8, 4) is 0 Å². The third-order valence-electron chi connectivity index (χ3n) is 2.14. The van der Waals surface area contributed by atoms with Gasteiger partial charge in [0, 0.05) is 12.6 Å². The minimum Gasteiger partial charge on any atom is -0.305 e. The molecule has 4 nitrogen and oxygen atoms in total. The second-order valence-electron chi connectivity index (χ2n) is 3.96. The number of nitrogens with zero attached hydrogens (tertiary/aromatic N) is 2. The Morgan fingerprint density at radius 3 is 2.33 bits per heavy atom. The van der Waals surface area contributed by atoms with Crippen LogP contribution in [0.5, 0.6) is 0 Å². The lowest BCUT2D eigenvalue weighted by atomic mass is 10.1. The number of halogens is 4. The monoisotopic (exact) mass is 282 g/mol. The van der Waals surface area contributed by atoms with Crippen LogP contribution >= 0.6 is 11.6 Å². The number of nitro groups is 1. The van der Waals surface area contributed by atoms with Crippen molar-refractivity contribution in [2.75, 3.05) is 14.1 Å². The molecule has 0 saturated carbocycles. The first-order valence-electron chi connectivity index (χ1n) is 4.81. The summed E-state index contributed by atoms with van der Waals surface area (Å²) in [6.45, 7) is 0.0869. The molecule has 0 N–H and O–H groups in total. The SMILES string of the molecule is CN(C)Cc1cc(C(F)(F)F)cc([N+](=O)[O-])c1Cl. The van der Waals surface area contributed by atoms with Crippen LogP contribution in [-0.4, -0.2) is 23.9 Å². The summed E-state index contributed by atoms with van der Waals surface area (Å²) in [6, 6.07) is 1.27. The van der Waals surface area contributed by atoms with Gasteiger partial charge in [0.25, 0.3) is 5.69 Å². The smallest absolute Gasteiger partial charge is 0.305 e. The summed E-state index contributed by atoms with van der Waals surface area (Å²) in [5, 5.41) is 10.4. The Morgan fingerprint density at radius 2 is 1.94 bits per heavy atom. The van der Waals surface area contributed by atoms with Gasteiger partial charge in [-0.25, -0.2) is 0 Å². The van der Waals surface area contributed by atoms with E-state index in [1.807, 2.05) is 0 Å². The Bertz CT molecular complexity index is 475. The maximum absolute atomic E-state index is 12.6. The maximum atomic E-state index is 12.6. The number of hydrogen-bond donors (Lipinski definition) is 0. The summed E-state index contributed by atoms with van der Waals surface area (Å²) in [6.07, 6.45) is -4.64. The van der Waals surface area contributed by atoms with E-state index in [9.17, 15) is 23.3 Å². The number of alkyl halides is 3. The van der Waals surface area contributed by atoms with Crippen molar-refractivity contribution in [3.05, 3.63) is 38.4 Å². The fraction of sp³-hybridized carbons (Fsp3) is 0.400. The van der Waals surface area contributed by atoms with Crippen molar-refractivity contribution in [1.82, 2.24) is 4.90 Å². The molecule has 0 unspecified atom stereocenters. The molecule has 0 aliphatic rings. The van der Waals surface area contributed by atoms with Gasteiger partial charge in [0.2, 0.25) is 0 Å². The first kappa shape index (κ1) is 14.7. The van der Waals surface area contributed by atoms with Gasteiger partial charge in [0.15, 0.2) is 0 Å². The van der Waals surface area contributed by atoms with Gasteiger partial charge in [-0.2, -0.15) is 13.2 Å². The lowest BCUT2D eigenvalue weighted by Gasteiger charge is -2.14. The number of nitro benzene ring substituents is 1. The van der Waals surface area contributed by atoms with Gasteiger partial charge < -0.3 is 4.90 Å². The molecule has 0 amide bonds. The molecular formula is C10H10ClF3N2O2. The quantitative estimate of drug-likeness (QED) is 0.631. The van der Waals surface area contributed by atoms with Crippen LogP contribution in [0.4, 0.5) is 18.9 Å². The summed E-state index contributed by atoms with van der Waals surface area (Å²) >= 11 is 5.73. The lowest BCUT2D eigenvalue weighted by molar-refractivity contribution is -0.385. The molecule has 0 fully saturated rings. The van der Waals surface area contributed by atoms with E-state index in [1.165, 1.54) is 0 Å². The number of benzene rings is 1. The van der Waals surface area contributed by atoms with E-state index in [1.54, 1.807) is 19.0 Å². The zero-order valence-electron chi connectivity index (χ0n) is 9.58. The van der Waals surface area contributed by atoms with Crippen LogP contribution in [0.2, 0.25) is 5.02 Å². The lowest BCUT2D eigenvalue weighted by Crippen LogP contribution is -2.14. The summed E-state index contributed by atoms with van der Waals surface area (Å²) in [5.74, 6) is 0. The van der Waals surface area contributed by atoms with Crippen LogP contribution in [0, 0.1) is 10.1 Å². The third kappa shape index (κ3) is 3.33. The van der Waals surface area contributed by atoms with Gasteiger partial charge in [-0.15, -0.1) is 0 Å². The highest BCUT2D eigenvalue weighted by atomic mass is 35.5. The zero-order valence-corrected chi connectivity index (χ0v) is 10.3. The van der Waals surface area contributed by atoms with E-state index in [0.717, 1.165) is 6.07 Å². The molecule has 1 aromatic rings. The molecule has 0 atom stereocenters. The van der Waals surface area contributed by atoms with Crippen LogP contribution in [0.3, 0.4) is 0 Å². The minimum absolute atomic E-state index is 0.0724. The predicted octanol–water partition coefficient (Wildman–Crippen LogP) is 3.33. The molecule has 0 radical (unpaired) electrons. The van der Waals surface area contributed by atoms with Gasteiger partial charge >= 0.3 is 6.18 Å². The normalized spacial score (nSPS) is 11.9. The molecule has 0 bridgehead atoms. The fourth-order valence-electron chi connectivity index (χ4n) is 1.42. The van der Waals surface area contributed by atoms with Gasteiger partial charge in [0.1, 0.15) is 5.02 Å². The Labute approximate surface area is 106 Å². The van der Waals surface area contributed by atoms with Crippen molar-refractivity contribution in [2.45, 2.75) is 12.7 Å². The van der Waals surface area contributed by atoms with Gasteiger partial charge in [-0.3, -0.25) is 10.1 Å². The first-order chi connectivity index (χ1) is 8.12. The fourth-order valence-corrected chi connectivity index (χ4v) is 1.66. The van der Waals surface area contributed by atoms with Gasteiger partial charge in [-0.05, 0) is 25.7 Å². The highest BCUT2D eigenvalue weighted by molar-refractivity contribution is 6.33. The largest absolute Gasteiger partial charge is 0.416 e. The highest BCUT2D eigenvalue weighted by Gasteiger charge is 2.34. The third-order valence-corrected chi connectivity index (χ3v) is 2.58. The zero-order chi connectivity index (χ0) is 14.1. The molecule has 0 aliphatic heterocycles. The number of hydrogen-bond acceptors (Lipinski definition) is 3. The summed E-state index contributed by atoms with van der Waals surface area (Å²) in [5.41, 5.74) is -1.73. The van der Waals surface area contributed by atoms with Gasteiger partial charge in [0.05, 0.1) is 10.5 Å². The average Bonchev–Trinajstić information content (AvgIpc) is 2.18. The summed E-state index contributed by atoms with van der Waals surface area (Å²) in [7, 11) is 3.25. The van der Waals surface area contributed by atoms with E-state index in [-0.39, 0.29) is 17.1 Å². The molecule has 100 valence electrons. The Balaban J connectivity index is 3.42. The molecule has 0 aliphatic carbocycles. The molecule has 0 heterocycles. The van der Waals surface area contributed by atoms with E-state index in [4.69, 9.17) is 11.6 Å². The molecule has 18 heavy (non-hydrogen) atoms. The van der Waals surface area contributed by atoms with E-state index in [0.29, 0.717) is 6.07 Å². The van der Waals surface area contributed by atoms with Crippen molar-refractivity contribution >= 4 is 17.3 Å². The van der Waals surface area contributed by atoms with E-state index in [2.05, 4.69) is 0 Å². The second-order valence-corrected chi connectivity index (χ2v) is 4.34. The maximum Gasteiger partial charge on any atom is 0.416 e. The van der Waals surface area contributed by atoms with Crippen LogP contribution in [0.15, 0.2) is 12.1 Å². The number of rotatable bonds is 3. The second kappa shape index (κ2) is 5.11. The first-order valence-corrected chi connectivity index (χ1v) is 5.19. The van der Waals surface area contributed by atoms with Crippen molar-refractivity contribution in [3.63, 3.8) is 0 Å². The Kier molecular flexibility index (Phi) is 4.18. The van der Waals surface area contributed by atoms with Crippen LogP contribution in [0.1, 0.15) is 11.1 Å². The van der Waals surface area contributed by atoms with E-state index >= 15 is 0 Å². The molecule has 1 rings (SSSR count). The minimum atomic E-state index is -4.64. The molecular weight excluding hydrogens is 273 g/mol. The molecule has 1 aromatic carbocycles. The molecule has 0 spiro atoms. The van der Waals surface area contributed by atoms with Crippen LogP contribution in [-0.2, 0) is 12.7 Å². The highest BCUT2D eigenvalue weighted by Crippen LogP contribution is 2.37. The van der Waals surface area contributed by atoms with Crippen LogP contribution < -0.4 is 0 Å². The molecule has 8 heteroatoms. The summed E-state index contributed by atoms with van der Waals surface area (Å²) in [4.78, 5) is 11.3. The topological polar surface area (TPSA) is 46.4 Å². The van der Waals surface area contributed by atoms with Gasteiger partial charge in [-0.1, -0.05) is 11.6 Å². The summed E-state index contributed by atoms with van der Waals surface area (Å²) < 4.78 is 37.8. The molecule has 0 saturated heterocycles. The van der Waals surface area contributed by atoms with Crippen molar-refractivity contribution in [2.24, 2.45) is 0 Å². The standard InChI is InChI=1S/C10H10ClF3N2O2/c1-15(2)5-6-3-7(10(12,13)14)4-8(9(6)11)16(17)18/h3-4H,5H2,1-2H3. The van der Waals surface area contributed by atoms with E-state index < -0.39 is 22.4 Å². The Morgan fingerprint density at radius 1 is 1.39 bits per heavy atom. The predicted molar refractivity (Wildman–Crippen MR) is 60.5 cm³/mol. The van der Waals surface area contributed by atoms with Crippen molar-refractivity contribution in [1.29, 1.82) is 0 Å². The van der Waals surface area contributed by atoms with Crippen molar-refractivity contribution < 1.29 is 18.1 Å².